The minimum absolute atomic E-state index is 0.0568. The number of nitrogen functional groups attached to an aromatic ring is 1. The summed E-state index contributed by atoms with van der Waals surface area (Å²) in [4.78, 5) is 59.9. The molecule has 180 valence electrons. The van der Waals surface area contributed by atoms with E-state index in [1.54, 1.807) is 13.8 Å². The summed E-state index contributed by atoms with van der Waals surface area (Å²) in [6.07, 6.45) is -0.664. The van der Waals surface area contributed by atoms with E-state index in [1.165, 1.54) is 31.2 Å². The predicted octanol–water partition coefficient (Wildman–Crippen LogP) is -0.336. The van der Waals surface area contributed by atoms with Crippen molar-refractivity contribution in [2.45, 2.75) is 51.7 Å². The van der Waals surface area contributed by atoms with Crippen molar-refractivity contribution in [3.8, 4) is 0 Å². The van der Waals surface area contributed by atoms with Gasteiger partial charge in [0.25, 0.3) is 5.91 Å². The lowest BCUT2D eigenvalue weighted by molar-refractivity contribution is -0.143. The van der Waals surface area contributed by atoms with Gasteiger partial charge in [0.15, 0.2) is 0 Å². The topological polar surface area (TPSA) is 212 Å². The fraction of sp³-hybridized carbons (Fsp3) is 0.429. The number of carbonyl (C=O) groups excluding carboxylic acids is 3. The number of nitrogens with one attached hydrogen (secondary N) is 4. The van der Waals surface area contributed by atoms with Crippen LogP contribution in [0.1, 0.15) is 49.5 Å². The number of carboxylic acids is 2. The number of carboxylic acid groups (broad SMARTS) is 2. The fourth-order valence-corrected chi connectivity index (χ4v) is 2.79. The van der Waals surface area contributed by atoms with Gasteiger partial charge < -0.3 is 31.9 Å². The molecule has 0 aliphatic heterocycles. The Hall–Kier alpha value is -3.96. The highest BCUT2D eigenvalue weighted by Crippen LogP contribution is 2.07. The van der Waals surface area contributed by atoms with E-state index in [0.29, 0.717) is 5.56 Å². The Bertz CT molecular complexity index is 914. The average molecular weight is 463 g/mol. The smallest absolute Gasteiger partial charge is 0.326 e. The maximum atomic E-state index is 12.5. The molecule has 1 aromatic rings. The molecule has 1 aromatic carbocycles. The molecule has 0 aliphatic rings. The lowest BCUT2D eigenvalue weighted by Gasteiger charge is -2.23. The standard InChI is InChI=1S/C21H29N5O7/c1-10(2)8-15(21(32)33)26-20(31)14(9-16(27)28)25-18(29)11(3)24-19(30)13-6-4-12(5-7-13)17(22)23/h4-7,10-11,14-15H,8-9H2,1-3H3,(H3,22,23)(H,24,30)(H,25,29)(H,26,31)(H,27,28)(H,32,33)/t11-,14-,15-/m0/s1. The van der Waals surface area contributed by atoms with Gasteiger partial charge in [-0.15, -0.1) is 0 Å². The first-order valence-electron chi connectivity index (χ1n) is 10.1. The zero-order valence-electron chi connectivity index (χ0n) is 18.5. The third kappa shape index (κ3) is 8.97. The van der Waals surface area contributed by atoms with Crippen LogP contribution < -0.4 is 21.7 Å². The Morgan fingerprint density at radius 3 is 1.85 bits per heavy atom. The minimum Gasteiger partial charge on any atom is -0.481 e. The molecule has 0 aromatic heterocycles. The van der Waals surface area contributed by atoms with Crippen molar-refractivity contribution in [2.75, 3.05) is 0 Å². The van der Waals surface area contributed by atoms with Gasteiger partial charge in [0.05, 0.1) is 6.42 Å². The number of benzene rings is 1. The molecule has 0 unspecified atom stereocenters. The second-order valence-corrected chi connectivity index (χ2v) is 7.87. The molecule has 33 heavy (non-hydrogen) atoms. The summed E-state index contributed by atoms with van der Waals surface area (Å²) in [5.74, 6) is -5.30. The van der Waals surface area contributed by atoms with Crippen LogP contribution in [-0.2, 0) is 19.2 Å². The van der Waals surface area contributed by atoms with Gasteiger partial charge in [-0.3, -0.25) is 24.6 Å². The van der Waals surface area contributed by atoms with Crippen LogP contribution in [0, 0.1) is 11.3 Å². The molecule has 0 bridgehead atoms. The molecule has 8 N–H and O–H groups in total. The van der Waals surface area contributed by atoms with Crippen LogP contribution >= 0.6 is 0 Å². The third-order valence-corrected chi connectivity index (χ3v) is 4.53. The molecule has 0 fully saturated rings. The number of carbonyl (C=O) groups is 5. The van der Waals surface area contributed by atoms with Crippen LogP contribution in [0.25, 0.3) is 0 Å². The van der Waals surface area contributed by atoms with Crippen molar-refractivity contribution in [3.63, 3.8) is 0 Å². The number of hydrogen-bond acceptors (Lipinski definition) is 6. The first-order chi connectivity index (χ1) is 15.3. The summed E-state index contributed by atoms with van der Waals surface area (Å²) in [6.45, 7) is 4.86. The predicted molar refractivity (Wildman–Crippen MR) is 118 cm³/mol. The minimum atomic E-state index is -1.54. The van der Waals surface area contributed by atoms with Crippen molar-refractivity contribution in [2.24, 2.45) is 11.7 Å². The molecule has 0 saturated heterocycles. The summed E-state index contributed by atoms with van der Waals surface area (Å²) < 4.78 is 0. The van der Waals surface area contributed by atoms with Crippen molar-refractivity contribution in [1.29, 1.82) is 5.41 Å². The van der Waals surface area contributed by atoms with Gasteiger partial charge in [-0.2, -0.15) is 0 Å². The normalized spacial score (nSPS) is 13.3. The highest BCUT2D eigenvalue weighted by molar-refractivity contribution is 6.00. The van der Waals surface area contributed by atoms with E-state index in [2.05, 4.69) is 16.0 Å². The van der Waals surface area contributed by atoms with E-state index >= 15 is 0 Å². The Morgan fingerprint density at radius 2 is 1.39 bits per heavy atom. The lowest BCUT2D eigenvalue weighted by Crippen LogP contribution is -2.55. The molecule has 0 heterocycles. The summed E-state index contributed by atoms with van der Waals surface area (Å²) in [5, 5.41) is 32.6. The molecule has 3 atom stereocenters. The number of rotatable bonds is 12. The molecular weight excluding hydrogens is 434 g/mol. The highest BCUT2D eigenvalue weighted by Gasteiger charge is 2.30. The number of amides is 3. The number of amidine groups is 1. The van der Waals surface area contributed by atoms with Gasteiger partial charge in [0.2, 0.25) is 11.8 Å². The highest BCUT2D eigenvalue weighted by atomic mass is 16.4. The van der Waals surface area contributed by atoms with E-state index in [1.807, 2.05) is 0 Å². The van der Waals surface area contributed by atoms with Crippen molar-refractivity contribution >= 4 is 35.5 Å². The van der Waals surface area contributed by atoms with E-state index in [-0.39, 0.29) is 23.7 Å². The summed E-state index contributed by atoms with van der Waals surface area (Å²) in [7, 11) is 0. The van der Waals surface area contributed by atoms with Gasteiger partial charge >= 0.3 is 11.9 Å². The van der Waals surface area contributed by atoms with Gasteiger partial charge in [0, 0.05) is 11.1 Å². The van der Waals surface area contributed by atoms with Crippen molar-refractivity contribution in [1.82, 2.24) is 16.0 Å². The van der Waals surface area contributed by atoms with Crippen LogP contribution in [0.3, 0.4) is 0 Å². The largest absolute Gasteiger partial charge is 0.481 e. The van der Waals surface area contributed by atoms with Gasteiger partial charge in [-0.1, -0.05) is 26.0 Å². The number of nitrogens with two attached hydrogens (primary N) is 1. The molecule has 1 rings (SSSR count). The third-order valence-electron chi connectivity index (χ3n) is 4.53. The van der Waals surface area contributed by atoms with Gasteiger partial charge in [-0.05, 0) is 31.4 Å². The number of hydrogen-bond donors (Lipinski definition) is 7. The fourth-order valence-electron chi connectivity index (χ4n) is 2.79. The summed E-state index contributed by atoms with van der Waals surface area (Å²) >= 11 is 0. The molecule has 0 spiro atoms. The zero-order chi connectivity index (χ0) is 25.3. The Kier molecular flexibility index (Phi) is 9.99. The van der Waals surface area contributed by atoms with Gasteiger partial charge in [0.1, 0.15) is 24.0 Å². The molecule has 0 aliphatic carbocycles. The molecule has 12 nitrogen and oxygen atoms in total. The summed E-state index contributed by atoms with van der Waals surface area (Å²) in [5.41, 5.74) is 5.96. The van der Waals surface area contributed by atoms with Crippen LogP contribution in [0.15, 0.2) is 24.3 Å². The van der Waals surface area contributed by atoms with Crippen LogP contribution in [0.4, 0.5) is 0 Å². The van der Waals surface area contributed by atoms with Gasteiger partial charge in [-0.25, -0.2) is 4.79 Å². The second kappa shape index (κ2) is 12.2. The summed E-state index contributed by atoms with van der Waals surface area (Å²) in [6, 6.07) is 1.83. The first kappa shape index (κ1) is 27.1. The van der Waals surface area contributed by atoms with Crippen molar-refractivity contribution in [3.05, 3.63) is 35.4 Å². The molecule has 0 saturated carbocycles. The monoisotopic (exact) mass is 463 g/mol. The molecular formula is C21H29N5O7. The maximum absolute atomic E-state index is 12.5. The maximum Gasteiger partial charge on any atom is 0.326 e. The Balaban J connectivity index is 2.84. The number of aliphatic carboxylic acids is 2. The SMILES string of the molecule is CC(C)C[C@H](NC(=O)[C@H](CC(=O)O)NC(=O)[C@H](C)NC(=O)c1ccc(C(=N)N)cc1)C(=O)O. The Morgan fingerprint density at radius 1 is 0.879 bits per heavy atom. The van der Waals surface area contributed by atoms with E-state index in [4.69, 9.17) is 16.2 Å². The van der Waals surface area contributed by atoms with E-state index in [9.17, 15) is 29.1 Å². The zero-order valence-corrected chi connectivity index (χ0v) is 18.5. The first-order valence-corrected chi connectivity index (χ1v) is 10.1. The Labute approximate surface area is 190 Å². The quantitative estimate of drug-likeness (QED) is 0.160. The van der Waals surface area contributed by atoms with Crippen LogP contribution in [0.5, 0.6) is 0 Å². The molecule has 3 amide bonds. The second-order valence-electron chi connectivity index (χ2n) is 7.87. The van der Waals surface area contributed by atoms with Crippen LogP contribution in [0.2, 0.25) is 0 Å². The van der Waals surface area contributed by atoms with E-state index < -0.39 is 54.2 Å². The molecule has 0 radical (unpaired) electrons. The van der Waals surface area contributed by atoms with E-state index in [0.717, 1.165) is 0 Å². The van der Waals surface area contributed by atoms with Crippen molar-refractivity contribution < 1.29 is 34.2 Å². The average Bonchev–Trinajstić information content (AvgIpc) is 2.71. The molecule has 12 heteroatoms. The lowest BCUT2D eigenvalue weighted by atomic mass is 10.0. The van der Waals surface area contributed by atoms with Crippen LogP contribution in [-0.4, -0.2) is 63.8 Å².